The molecule has 1 aliphatic rings. The maximum Gasteiger partial charge on any atom is 0.406 e. The first-order chi connectivity index (χ1) is 13.2. The molecule has 0 radical (unpaired) electrons. The molecule has 28 heavy (non-hydrogen) atoms. The Labute approximate surface area is 165 Å². The van der Waals surface area contributed by atoms with Crippen molar-refractivity contribution in [3.05, 3.63) is 29.3 Å². The van der Waals surface area contributed by atoms with Crippen molar-refractivity contribution in [3.63, 3.8) is 0 Å². The van der Waals surface area contributed by atoms with Crippen LogP contribution in [0.1, 0.15) is 30.9 Å². The number of thioether (sulfide) groups is 1. The number of rotatable bonds is 7. The largest absolute Gasteiger partial charge is 0.406 e. The molecule has 1 saturated carbocycles. The second-order valence-electron chi connectivity index (χ2n) is 7.15. The first-order valence-electron chi connectivity index (χ1n) is 9.01. The van der Waals surface area contributed by atoms with E-state index in [4.69, 9.17) is 0 Å². The zero-order valence-corrected chi connectivity index (χ0v) is 16.7. The minimum absolute atomic E-state index is 0.150. The van der Waals surface area contributed by atoms with Crippen LogP contribution in [0.25, 0.3) is 5.69 Å². The number of hydrogen-bond donors (Lipinski definition) is 0. The van der Waals surface area contributed by atoms with Gasteiger partial charge in [-0.2, -0.15) is 17.9 Å². The quantitative estimate of drug-likeness (QED) is 0.650. The number of carbonyl (C=O) groups is 1. The fourth-order valence-electron chi connectivity index (χ4n) is 2.98. The molecule has 152 valence electrons. The fraction of sp³-hybridized carbons (Fsp3) is 0.556. The molecular weight excluding hydrogens is 391 g/mol. The first-order valence-corrected chi connectivity index (χ1v) is 9.99. The molecule has 0 unspecified atom stereocenters. The third-order valence-corrected chi connectivity index (χ3v) is 5.87. The molecule has 1 fully saturated rings. The molecule has 2 aromatic rings. The number of halogens is 3. The number of tetrazole rings is 1. The average Bonchev–Trinajstić information content (AvgIpc) is 3.37. The second-order valence-corrected chi connectivity index (χ2v) is 8.09. The molecule has 3 rings (SSSR count). The molecule has 10 heteroatoms. The molecule has 1 amide bonds. The lowest BCUT2D eigenvalue weighted by atomic mass is 10.1. The third kappa shape index (κ3) is 5.03. The van der Waals surface area contributed by atoms with Crippen molar-refractivity contribution in [1.82, 2.24) is 25.1 Å². The van der Waals surface area contributed by atoms with Crippen LogP contribution in [0, 0.1) is 19.8 Å². The summed E-state index contributed by atoms with van der Waals surface area (Å²) in [7, 11) is 0. The van der Waals surface area contributed by atoms with Crippen LogP contribution in [-0.2, 0) is 4.79 Å². The molecule has 1 aliphatic carbocycles. The summed E-state index contributed by atoms with van der Waals surface area (Å²) in [4.78, 5) is 13.5. The first kappa shape index (κ1) is 20.6. The highest BCUT2D eigenvalue weighted by atomic mass is 32.2. The van der Waals surface area contributed by atoms with Crippen LogP contribution in [0.2, 0.25) is 0 Å². The smallest absolute Gasteiger partial charge is 0.330 e. The van der Waals surface area contributed by atoms with Gasteiger partial charge in [0.25, 0.3) is 0 Å². The Balaban J connectivity index is 1.71. The van der Waals surface area contributed by atoms with Gasteiger partial charge in [-0.05, 0) is 73.2 Å². The molecule has 1 atom stereocenters. The van der Waals surface area contributed by atoms with E-state index in [2.05, 4.69) is 15.5 Å². The zero-order valence-electron chi connectivity index (χ0n) is 15.9. The molecule has 1 aromatic carbocycles. The number of amides is 1. The van der Waals surface area contributed by atoms with Crippen LogP contribution in [0.5, 0.6) is 0 Å². The van der Waals surface area contributed by atoms with Crippen LogP contribution < -0.4 is 0 Å². The Morgan fingerprint density at radius 2 is 2.04 bits per heavy atom. The third-order valence-electron chi connectivity index (χ3n) is 4.97. The van der Waals surface area contributed by atoms with Crippen LogP contribution >= 0.6 is 11.8 Å². The monoisotopic (exact) mass is 413 g/mol. The van der Waals surface area contributed by atoms with Crippen molar-refractivity contribution in [1.29, 1.82) is 0 Å². The maximum atomic E-state index is 12.9. The Hall–Kier alpha value is -2.10. The zero-order chi connectivity index (χ0) is 20.5. The predicted octanol–water partition coefficient (Wildman–Crippen LogP) is 3.56. The van der Waals surface area contributed by atoms with E-state index in [1.807, 2.05) is 32.0 Å². The van der Waals surface area contributed by atoms with Gasteiger partial charge < -0.3 is 4.90 Å². The van der Waals surface area contributed by atoms with Gasteiger partial charge in [-0.15, -0.1) is 5.10 Å². The predicted molar refractivity (Wildman–Crippen MR) is 99.3 cm³/mol. The van der Waals surface area contributed by atoms with E-state index < -0.39 is 24.7 Å². The topological polar surface area (TPSA) is 63.9 Å². The standard InChI is InChI=1S/C18H22F3N5OS/c1-11-4-7-15(8-12(11)2)26-17(22-23-24-26)28-9-16(27)25(10-18(19,20)21)13(3)14-5-6-14/h4,7-8,13-14H,5-6,9-10H2,1-3H3/t13-/m1/s1. The van der Waals surface area contributed by atoms with Gasteiger partial charge in [0.15, 0.2) is 0 Å². The molecule has 0 bridgehead atoms. The second kappa shape index (κ2) is 8.10. The molecule has 0 saturated heterocycles. The van der Waals surface area contributed by atoms with Crippen molar-refractivity contribution in [3.8, 4) is 5.69 Å². The lowest BCUT2D eigenvalue weighted by Crippen LogP contribution is -2.46. The summed E-state index contributed by atoms with van der Waals surface area (Å²) in [6, 6.07) is 5.29. The van der Waals surface area contributed by atoms with Crippen molar-refractivity contribution in [2.24, 2.45) is 5.92 Å². The lowest BCUT2D eigenvalue weighted by Gasteiger charge is -2.30. The van der Waals surface area contributed by atoms with Crippen LogP contribution in [0.3, 0.4) is 0 Å². The molecule has 1 aromatic heterocycles. The summed E-state index contributed by atoms with van der Waals surface area (Å²) < 4.78 is 40.3. The van der Waals surface area contributed by atoms with Gasteiger partial charge in [-0.3, -0.25) is 4.79 Å². The van der Waals surface area contributed by atoms with Gasteiger partial charge in [-0.25, -0.2) is 0 Å². The molecule has 0 aliphatic heterocycles. The number of alkyl halides is 3. The summed E-state index contributed by atoms with van der Waals surface area (Å²) in [5.74, 6) is -0.563. The van der Waals surface area contributed by atoms with E-state index in [-0.39, 0.29) is 11.7 Å². The molecule has 6 nitrogen and oxygen atoms in total. The van der Waals surface area contributed by atoms with E-state index in [1.165, 1.54) is 4.68 Å². The van der Waals surface area contributed by atoms with Crippen LogP contribution in [-0.4, -0.2) is 55.5 Å². The molecule has 0 N–H and O–H groups in total. The molecular formula is C18H22F3N5OS. The number of hydrogen-bond acceptors (Lipinski definition) is 5. The summed E-state index contributed by atoms with van der Waals surface area (Å²) in [6.07, 6.45) is -2.70. The number of aromatic nitrogens is 4. The van der Waals surface area contributed by atoms with E-state index in [0.29, 0.717) is 5.16 Å². The van der Waals surface area contributed by atoms with Crippen molar-refractivity contribution in [2.75, 3.05) is 12.3 Å². The summed E-state index contributed by atoms with van der Waals surface area (Å²) in [5.41, 5.74) is 2.93. The number of carbonyl (C=O) groups excluding carboxylic acids is 1. The fourth-order valence-corrected chi connectivity index (χ4v) is 3.76. The van der Waals surface area contributed by atoms with Gasteiger partial charge in [0.2, 0.25) is 11.1 Å². The van der Waals surface area contributed by atoms with Gasteiger partial charge in [-0.1, -0.05) is 17.8 Å². The normalized spacial score (nSPS) is 15.5. The Kier molecular flexibility index (Phi) is 5.97. The average molecular weight is 413 g/mol. The van der Waals surface area contributed by atoms with Crippen molar-refractivity contribution < 1.29 is 18.0 Å². The lowest BCUT2D eigenvalue weighted by molar-refractivity contribution is -0.164. The summed E-state index contributed by atoms with van der Waals surface area (Å²) in [6.45, 7) is 4.41. The van der Waals surface area contributed by atoms with Gasteiger partial charge in [0, 0.05) is 6.04 Å². The van der Waals surface area contributed by atoms with Gasteiger partial charge >= 0.3 is 6.18 Å². The molecule has 0 spiro atoms. The Morgan fingerprint density at radius 1 is 1.32 bits per heavy atom. The Morgan fingerprint density at radius 3 is 2.64 bits per heavy atom. The minimum Gasteiger partial charge on any atom is -0.330 e. The number of nitrogens with zero attached hydrogens (tertiary/aromatic N) is 5. The van der Waals surface area contributed by atoms with E-state index in [1.54, 1.807) is 6.92 Å². The SMILES string of the molecule is Cc1ccc(-n2nnnc2SCC(=O)N(CC(F)(F)F)[C@H](C)C2CC2)cc1C. The van der Waals surface area contributed by atoms with Crippen LogP contribution in [0.15, 0.2) is 23.4 Å². The maximum absolute atomic E-state index is 12.9. The van der Waals surface area contributed by atoms with Gasteiger partial charge in [0.05, 0.1) is 11.4 Å². The van der Waals surface area contributed by atoms with Crippen LogP contribution in [0.4, 0.5) is 13.2 Å². The highest BCUT2D eigenvalue weighted by Crippen LogP contribution is 2.36. The Bertz CT molecular complexity index is 850. The number of aryl methyl sites for hydroxylation is 2. The summed E-state index contributed by atoms with van der Waals surface area (Å²) >= 11 is 1.04. The van der Waals surface area contributed by atoms with Crippen molar-refractivity contribution >= 4 is 17.7 Å². The minimum atomic E-state index is -4.43. The van der Waals surface area contributed by atoms with E-state index >= 15 is 0 Å². The van der Waals surface area contributed by atoms with Gasteiger partial charge in [0.1, 0.15) is 6.54 Å². The highest BCUT2D eigenvalue weighted by Gasteiger charge is 2.40. The summed E-state index contributed by atoms with van der Waals surface area (Å²) in [5, 5.41) is 11.9. The van der Waals surface area contributed by atoms with E-state index in [9.17, 15) is 18.0 Å². The van der Waals surface area contributed by atoms with E-state index in [0.717, 1.165) is 46.3 Å². The molecule has 1 heterocycles. The number of benzene rings is 1. The highest BCUT2D eigenvalue weighted by molar-refractivity contribution is 7.99. The van der Waals surface area contributed by atoms with Crippen molar-refractivity contribution in [2.45, 2.75) is 51.0 Å².